The summed E-state index contributed by atoms with van der Waals surface area (Å²) in [6.45, 7) is 5.92. The number of hydrogen-bond acceptors (Lipinski definition) is 3. The summed E-state index contributed by atoms with van der Waals surface area (Å²) in [6.07, 6.45) is 0.555. The zero-order chi connectivity index (χ0) is 18.2. The lowest BCUT2D eigenvalue weighted by molar-refractivity contribution is -0.122. The highest BCUT2D eigenvalue weighted by Crippen LogP contribution is 2.10. The predicted octanol–water partition coefficient (Wildman–Crippen LogP) is 3.28. The number of carbonyl (C=O) groups excluding carboxylic acids is 2. The summed E-state index contributed by atoms with van der Waals surface area (Å²) < 4.78 is 0. The quantitative estimate of drug-likeness (QED) is 0.678. The Morgan fingerprint density at radius 2 is 1.60 bits per heavy atom. The molecule has 5 nitrogen and oxygen atoms in total. The Balaban J connectivity index is 2.03. The van der Waals surface area contributed by atoms with Gasteiger partial charge in [-0.15, -0.1) is 0 Å². The Morgan fingerprint density at radius 3 is 2.24 bits per heavy atom. The molecule has 132 valence electrons. The topological polar surface area (TPSA) is 70.2 Å². The van der Waals surface area contributed by atoms with Crippen LogP contribution in [0.2, 0.25) is 0 Å². The van der Waals surface area contributed by atoms with Crippen LogP contribution in [0.15, 0.2) is 54.6 Å². The van der Waals surface area contributed by atoms with Crippen molar-refractivity contribution in [1.29, 1.82) is 0 Å². The van der Waals surface area contributed by atoms with Crippen molar-refractivity contribution in [1.82, 2.24) is 10.7 Å². The van der Waals surface area contributed by atoms with Crippen LogP contribution >= 0.6 is 0 Å². The number of rotatable bonds is 7. The Labute approximate surface area is 148 Å². The molecule has 25 heavy (non-hydrogen) atoms. The van der Waals surface area contributed by atoms with Gasteiger partial charge in [-0.25, -0.2) is 0 Å². The highest BCUT2D eigenvalue weighted by atomic mass is 16.2. The average molecular weight is 339 g/mol. The third-order valence-corrected chi connectivity index (χ3v) is 3.82. The highest BCUT2D eigenvalue weighted by Gasteiger charge is 2.23. The van der Waals surface area contributed by atoms with Gasteiger partial charge >= 0.3 is 0 Å². The van der Waals surface area contributed by atoms with Crippen molar-refractivity contribution < 1.29 is 9.59 Å². The maximum atomic E-state index is 12.5. The Morgan fingerprint density at radius 1 is 0.960 bits per heavy atom. The lowest BCUT2D eigenvalue weighted by atomic mass is 10.0. The van der Waals surface area contributed by atoms with Crippen molar-refractivity contribution in [3.8, 4) is 0 Å². The first-order valence-electron chi connectivity index (χ1n) is 8.44. The van der Waals surface area contributed by atoms with Crippen LogP contribution in [0.1, 0.15) is 36.2 Å². The number of amides is 2. The van der Waals surface area contributed by atoms with E-state index in [1.807, 2.05) is 69.3 Å². The average Bonchev–Trinajstić information content (AvgIpc) is 2.60. The number of aryl methyl sites for hydroxylation is 1. The van der Waals surface area contributed by atoms with Gasteiger partial charge in [0.25, 0.3) is 11.8 Å². The fourth-order valence-corrected chi connectivity index (χ4v) is 2.51. The molecule has 1 atom stereocenters. The first kappa shape index (κ1) is 18.5. The lowest BCUT2D eigenvalue weighted by Gasteiger charge is -2.21. The number of para-hydroxylation sites is 1. The first-order chi connectivity index (χ1) is 12.0. The van der Waals surface area contributed by atoms with Gasteiger partial charge in [0.1, 0.15) is 6.04 Å². The van der Waals surface area contributed by atoms with Crippen LogP contribution in [0.5, 0.6) is 0 Å². The third-order valence-electron chi connectivity index (χ3n) is 3.82. The van der Waals surface area contributed by atoms with Crippen LogP contribution in [-0.2, 0) is 4.79 Å². The summed E-state index contributed by atoms with van der Waals surface area (Å²) in [5.74, 6) is -0.234. The largest absolute Gasteiger partial charge is 0.340 e. The number of anilines is 1. The molecule has 2 aromatic carbocycles. The van der Waals surface area contributed by atoms with Crippen molar-refractivity contribution in [2.24, 2.45) is 5.92 Å². The van der Waals surface area contributed by atoms with Gasteiger partial charge in [-0.1, -0.05) is 50.2 Å². The summed E-state index contributed by atoms with van der Waals surface area (Å²) in [5.41, 5.74) is 7.79. The van der Waals surface area contributed by atoms with E-state index in [0.29, 0.717) is 12.0 Å². The molecule has 0 radical (unpaired) electrons. The fourth-order valence-electron chi connectivity index (χ4n) is 2.51. The van der Waals surface area contributed by atoms with Crippen LogP contribution < -0.4 is 16.2 Å². The van der Waals surface area contributed by atoms with Gasteiger partial charge in [-0.3, -0.25) is 20.4 Å². The number of nitrogens with one attached hydrogen (secondary N) is 3. The molecule has 0 saturated heterocycles. The number of hydrazine groups is 1. The molecule has 0 spiro atoms. The van der Waals surface area contributed by atoms with E-state index in [0.717, 1.165) is 11.3 Å². The minimum atomic E-state index is -0.608. The van der Waals surface area contributed by atoms with Crippen molar-refractivity contribution in [3.63, 3.8) is 0 Å². The number of hydrogen-bond donors (Lipinski definition) is 3. The SMILES string of the molecule is Cc1ccccc1C(=O)NC(CC(C)C)C(=O)NNc1ccccc1. The molecule has 0 aliphatic heterocycles. The predicted molar refractivity (Wildman–Crippen MR) is 100 cm³/mol. The molecule has 0 fully saturated rings. The molecule has 0 aromatic heterocycles. The molecule has 5 heteroatoms. The molecule has 2 rings (SSSR count). The Hall–Kier alpha value is -2.82. The van der Waals surface area contributed by atoms with Crippen LogP contribution in [0.25, 0.3) is 0 Å². The molecular formula is C20H25N3O2. The summed E-state index contributed by atoms with van der Waals surface area (Å²) in [4.78, 5) is 25.0. The maximum absolute atomic E-state index is 12.5. The second kappa shape index (κ2) is 8.87. The van der Waals surface area contributed by atoms with Crippen LogP contribution in [0, 0.1) is 12.8 Å². The maximum Gasteiger partial charge on any atom is 0.260 e. The van der Waals surface area contributed by atoms with E-state index in [1.165, 1.54) is 0 Å². The molecule has 3 N–H and O–H groups in total. The number of carbonyl (C=O) groups is 2. The van der Waals surface area contributed by atoms with Crippen LogP contribution in [-0.4, -0.2) is 17.9 Å². The standard InChI is InChI=1S/C20H25N3O2/c1-14(2)13-18(20(25)23-22-16-10-5-4-6-11-16)21-19(24)17-12-8-7-9-15(17)3/h4-12,14,18,22H,13H2,1-3H3,(H,21,24)(H,23,25). The summed E-state index contributed by atoms with van der Waals surface area (Å²) in [5, 5.41) is 2.85. The van der Waals surface area contributed by atoms with Gasteiger partial charge in [0.15, 0.2) is 0 Å². The summed E-state index contributed by atoms with van der Waals surface area (Å²) >= 11 is 0. The van der Waals surface area contributed by atoms with E-state index in [-0.39, 0.29) is 17.7 Å². The molecule has 0 aliphatic carbocycles. The zero-order valence-corrected chi connectivity index (χ0v) is 14.9. The van der Waals surface area contributed by atoms with Crippen molar-refractivity contribution in [2.75, 3.05) is 5.43 Å². The monoisotopic (exact) mass is 339 g/mol. The van der Waals surface area contributed by atoms with Gasteiger partial charge in [-0.2, -0.15) is 0 Å². The van der Waals surface area contributed by atoms with Crippen LogP contribution in [0.4, 0.5) is 5.69 Å². The van der Waals surface area contributed by atoms with E-state index >= 15 is 0 Å². The van der Waals surface area contributed by atoms with Crippen LogP contribution in [0.3, 0.4) is 0 Å². The van der Waals surface area contributed by atoms with Crippen molar-refractivity contribution >= 4 is 17.5 Å². The van der Waals surface area contributed by atoms with E-state index in [2.05, 4.69) is 16.2 Å². The lowest BCUT2D eigenvalue weighted by Crippen LogP contribution is -2.49. The Kier molecular flexibility index (Phi) is 6.57. The molecular weight excluding hydrogens is 314 g/mol. The molecule has 0 aliphatic rings. The normalized spacial score (nSPS) is 11.7. The summed E-state index contributed by atoms with van der Waals surface area (Å²) in [7, 11) is 0. The second-order valence-electron chi connectivity index (χ2n) is 6.45. The third kappa shape index (κ3) is 5.64. The highest BCUT2D eigenvalue weighted by molar-refractivity contribution is 5.98. The summed E-state index contributed by atoms with van der Waals surface area (Å²) in [6, 6.07) is 16.1. The second-order valence-corrected chi connectivity index (χ2v) is 6.45. The fraction of sp³-hybridized carbons (Fsp3) is 0.300. The Bertz CT molecular complexity index is 714. The minimum Gasteiger partial charge on any atom is -0.340 e. The van der Waals surface area contributed by atoms with E-state index in [4.69, 9.17) is 0 Å². The van der Waals surface area contributed by atoms with Crippen molar-refractivity contribution in [2.45, 2.75) is 33.2 Å². The number of benzene rings is 2. The van der Waals surface area contributed by atoms with Gasteiger partial charge in [0.05, 0.1) is 5.69 Å². The van der Waals surface area contributed by atoms with E-state index in [9.17, 15) is 9.59 Å². The minimum absolute atomic E-state index is 0.237. The first-order valence-corrected chi connectivity index (χ1v) is 8.44. The molecule has 1 unspecified atom stereocenters. The molecule has 2 aromatic rings. The van der Waals surface area contributed by atoms with E-state index in [1.54, 1.807) is 6.07 Å². The van der Waals surface area contributed by atoms with E-state index < -0.39 is 6.04 Å². The molecule has 2 amide bonds. The molecule has 0 saturated carbocycles. The zero-order valence-electron chi connectivity index (χ0n) is 14.9. The molecule has 0 heterocycles. The van der Waals surface area contributed by atoms with Gasteiger partial charge in [0, 0.05) is 5.56 Å². The smallest absolute Gasteiger partial charge is 0.260 e. The van der Waals surface area contributed by atoms with Gasteiger partial charge in [0.2, 0.25) is 0 Å². The van der Waals surface area contributed by atoms with Crippen molar-refractivity contribution in [3.05, 3.63) is 65.7 Å². The molecule has 0 bridgehead atoms. The van der Waals surface area contributed by atoms with Gasteiger partial charge in [-0.05, 0) is 43.0 Å². The van der Waals surface area contributed by atoms with Gasteiger partial charge < -0.3 is 5.32 Å².